The fraction of sp³-hybridized carbons (Fsp3) is 0.300. The normalized spacial score (nSPS) is 9.50. The molecule has 0 aliphatic rings. The average Bonchev–Trinajstić information content (AvgIpc) is 2.57. The van der Waals surface area contributed by atoms with Gasteiger partial charge in [-0.1, -0.05) is 5.92 Å². The van der Waals surface area contributed by atoms with Gasteiger partial charge < -0.3 is 10.4 Å². The summed E-state index contributed by atoms with van der Waals surface area (Å²) in [6.45, 7) is 1.69. The molecule has 0 spiro atoms. The monoisotopic (exact) mass is 221 g/mol. The smallest absolute Gasteiger partial charge is 0.339 e. The van der Waals surface area contributed by atoms with Crippen LogP contribution in [0.4, 0.5) is 0 Å². The second-order valence-corrected chi connectivity index (χ2v) is 3.09. The molecule has 6 heteroatoms. The first kappa shape index (κ1) is 11.8. The van der Waals surface area contributed by atoms with Gasteiger partial charge >= 0.3 is 5.97 Å². The molecule has 0 aliphatic heterocycles. The summed E-state index contributed by atoms with van der Waals surface area (Å²) < 4.78 is 1.31. The molecule has 1 heterocycles. The second-order valence-electron chi connectivity index (χ2n) is 3.09. The van der Waals surface area contributed by atoms with Gasteiger partial charge in [0.1, 0.15) is 12.1 Å². The number of carbonyl (C=O) groups excluding carboxylic acids is 1. The van der Waals surface area contributed by atoms with Crippen molar-refractivity contribution in [2.75, 3.05) is 6.54 Å². The predicted octanol–water partition coefficient (Wildman–Crippen LogP) is -0.361. The Morgan fingerprint density at radius 1 is 1.69 bits per heavy atom. The molecule has 0 bridgehead atoms. The van der Waals surface area contributed by atoms with E-state index < -0.39 is 5.97 Å². The highest BCUT2D eigenvalue weighted by molar-refractivity contribution is 5.88. The summed E-state index contributed by atoms with van der Waals surface area (Å²) in [5.41, 5.74) is 0.521. The Kier molecular flexibility index (Phi) is 3.67. The van der Waals surface area contributed by atoms with Crippen LogP contribution in [-0.2, 0) is 11.3 Å². The zero-order valence-electron chi connectivity index (χ0n) is 8.73. The van der Waals surface area contributed by atoms with E-state index in [0.29, 0.717) is 5.69 Å². The highest BCUT2D eigenvalue weighted by atomic mass is 16.4. The predicted molar refractivity (Wildman–Crippen MR) is 55.8 cm³/mol. The maximum Gasteiger partial charge on any atom is 0.339 e. The van der Waals surface area contributed by atoms with Crippen LogP contribution in [0.5, 0.6) is 0 Å². The van der Waals surface area contributed by atoms with Crippen molar-refractivity contribution in [1.29, 1.82) is 0 Å². The minimum Gasteiger partial charge on any atom is -0.478 e. The van der Waals surface area contributed by atoms with Gasteiger partial charge in [-0.05, 0) is 6.92 Å². The van der Waals surface area contributed by atoms with Gasteiger partial charge in [0.15, 0.2) is 0 Å². The lowest BCUT2D eigenvalue weighted by Gasteiger charge is -2.04. The number of aromatic nitrogens is 2. The van der Waals surface area contributed by atoms with Crippen molar-refractivity contribution in [1.82, 2.24) is 15.1 Å². The van der Waals surface area contributed by atoms with Crippen molar-refractivity contribution in [3.63, 3.8) is 0 Å². The molecule has 1 aromatic rings. The number of amides is 1. The van der Waals surface area contributed by atoms with Crippen LogP contribution in [-0.4, -0.2) is 33.3 Å². The number of nitrogens with zero attached hydrogens (tertiary/aromatic N) is 2. The van der Waals surface area contributed by atoms with Gasteiger partial charge in [0.2, 0.25) is 5.91 Å². The molecule has 2 N–H and O–H groups in total. The maximum atomic E-state index is 11.3. The van der Waals surface area contributed by atoms with E-state index in [1.807, 2.05) is 0 Å². The molecule has 0 aliphatic carbocycles. The van der Waals surface area contributed by atoms with Crippen LogP contribution in [0.3, 0.4) is 0 Å². The van der Waals surface area contributed by atoms with Crippen LogP contribution in [0.15, 0.2) is 6.20 Å². The number of carboxylic acids is 1. The number of rotatable bonds is 4. The Bertz CT molecular complexity index is 456. The fourth-order valence-corrected chi connectivity index (χ4v) is 1.16. The minimum atomic E-state index is -1.06. The molecule has 0 unspecified atom stereocenters. The van der Waals surface area contributed by atoms with Crippen LogP contribution < -0.4 is 5.32 Å². The molecule has 0 saturated carbocycles. The zero-order chi connectivity index (χ0) is 12.1. The van der Waals surface area contributed by atoms with E-state index in [9.17, 15) is 9.59 Å². The standard InChI is InChI=1S/C10H11N3O3/c1-3-4-11-9(14)6-13-7(2)8(5-12-13)10(15)16/h1,5H,4,6H2,2H3,(H,11,14)(H,15,16). The van der Waals surface area contributed by atoms with Crippen LogP contribution in [0.2, 0.25) is 0 Å². The van der Waals surface area contributed by atoms with E-state index >= 15 is 0 Å². The molecule has 6 nitrogen and oxygen atoms in total. The third kappa shape index (κ3) is 2.60. The topological polar surface area (TPSA) is 84.2 Å². The van der Waals surface area contributed by atoms with Crippen molar-refractivity contribution >= 4 is 11.9 Å². The van der Waals surface area contributed by atoms with E-state index in [0.717, 1.165) is 0 Å². The van der Waals surface area contributed by atoms with Gasteiger partial charge in [0.25, 0.3) is 0 Å². The van der Waals surface area contributed by atoms with Crippen molar-refractivity contribution in [2.45, 2.75) is 13.5 Å². The van der Waals surface area contributed by atoms with Crippen molar-refractivity contribution < 1.29 is 14.7 Å². The van der Waals surface area contributed by atoms with Gasteiger partial charge in [-0.25, -0.2) is 4.79 Å². The van der Waals surface area contributed by atoms with E-state index in [1.54, 1.807) is 6.92 Å². The summed E-state index contributed by atoms with van der Waals surface area (Å²) in [5, 5.41) is 15.0. The number of carboxylic acid groups (broad SMARTS) is 1. The first-order valence-corrected chi connectivity index (χ1v) is 4.52. The fourth-order valence-electron chi connectivity index (χ4n) is 1.16. The molecule has 0 atom stereocenters. The molecule has 0 fully saturated rings. The molecular formula is C10H11N3O3. The molecular weight excluding hydrogens is 210 g/mol. The highest BCUT2D eigenvalue weighted by Crippen LogP contribution is 2.06. The lowest BCUT2D eigenvalue weighted by Crippen LogP contribution is -2.28. The van der Waals surface area contributed by atoms with Crippen LogP contribution in [0, 0.1) is 19.3 Å². The molecule has 16 heavy (non-hydrogen) atoms. The second kappa shape index (κ2) is 4.98. The van der Waals surface area contributed by atoms with Crippen molar-refractivity contribution in [3.05, 3.63) is 17.5 Å². The lowest BCUT2D eigenvalue weighted by atomic mass is 10.3. The highest BCUT2D eigenvalue weighted by Gasteiger charge is 2.14. The first-order valence-electron chi connectivity index (χ1n) is 4.52. The Labute approximate surface area is 92.3 Å². The summed E-state index contributed by atoms with van der Waals surface area (Å²) in [4.78, 5) is 22.0. The molecule has 84 valence electrons. The number of nitrogens with one attached hydrogen (secondary N) is 1. The average molecular weight is 221 g/mol. The molecule has 0 radical (unpaired) electrons. The Balaban J connectivity index is 2.72. The van der Waals surface area contributed by atoms with E-state index in [4.69, 9.17) is 11.5 Å². The van der Waals surface area contributed by atoms with Crippen LogP contribution in [0.25, 0.3) is 0 Å². The molecule has 0 aromatic carbocycles. The maximum absolute atomic E-state index is 11.3. The minimum absolute atomic E-state index is 0.0409. The Hall–Kier alpha value is -2.29. The van der Waals surface area contributed by atoms with Crippen molar-refractivity contribution in [3.8, 4) is 12.3 Å². The first-order chi connectivity index (χ1) is 7.56. The Morgan fingerprint density at radius 3 is 2.88 bits per heavy atom. The summed E-state index contributed by atoms with van der Waals surface area (Å²) in [5.74, 6) is 0.900. The number of carbonyl (C=O) groups is 2. The summed E-state index contributed by atoms with van der Waals surface area (Å²) >= 11 is 0. The van der Waals surface area contributed by atoms with Crippen molar-refractivity contribution in [2.24, 2.45) is 0 Å². The van der Waals surface area contributed by atoms with Crippen LogP contribution >= 0.6 is 0 Å². The summed E-state index contributed by atoms with van der Waals surface area (Å²) in [7, 11) is 0. The SMILES string of the molecule is C#CCNC(=O)Cn1ncc(C(=O)O)c1C. The number of hydrogen-bond donors (Lipinski definition) is 2. The summed E-state index contributed by atoms with van der Waals surface area (Å²) in [6, 6.07) is 0. The summed E-state index contributed by atoms with van der Waals surface area (Å²) in [6.07, 6.45) is 6.19. The van der Waals surface area contributed by atoms with E-state index in [1.165, 1.54) is 10.9 Å². The van der Waals surface area contributed by atoms with Gasteiger partial charge in [-0.3, -0.25) is 9.48 Å². The molecule has 1 rings (SSSR count). The third-order valence-electron chi connectivity index (χ3n) is 2.01. The van der Waals surface area contributed by atoms with Crippen LogP contribution in [0.1, 0.15) is 16.1 Å². The quantitative estimate of drug-likeness (QED) is 0.680. The van der Waals surface area contributed by atoms with Gasteiger partial charge in [0, 0.05) is 0 Å². The molecule has 1 aromatic heterocycles. The largest absolute Gasteiger partial charge is 0.478 e. The molecule has 0 saturated heterocycles. The third-order valence-corrected chi connectivity index (χ3v) is 2.01. The Morgan fingerprint density at radius 2 is 2.38 bits per heavy atom. The number of terminal acetylenes is 1. The van der Waals surface area contributed by atoms with Gasteiger partial charge in [0.05, 0.1) is 18.4 Å². The number of aromatic carboxylic acids is 1. The van der Waals surface area contributed by atoms with Gasteiger partial charge in [-0.2, -0.15) is 5.10 Å². The van der Waals surface area contributed by atoms with E-state index in [2.05, 4.69) is 16.3 Å². The zero-order valence-corrected chi connectivity index (χ0v) is 8.73. The number of hydrogen-bond acceptors (Lipinski definition) is 3. The van der Waals surface area contributed by atoms with Gasteiger partial charge in [-0.15, -0.1) is 6.42 Å². The van der Waals surface area contributed by atoms with E-state index in [-0.39, 0.29) is 24.6 Å². The lowest BCUT2D eigenvalue weighted by molar-refractivity contribution is -0.121. The molecule has 1 amide bonds.